The molecule has 88 valence electrons. The average molecular weight is 213 g/mol. The van der Waals surface area contributed by atoms with Crippen molar-refractivity contribution in [3.63, 3.8) is 0 Å². The van der Waals surface area contributed by atoms with Gasteiger partial charge >= 0.3 is 0 Å². The zero-order valence-electron chi connectivity index (χ0n) is 9.83. The molecule has 1 saturated carbocycles. The second kappa shape index (κ2) is 5.28. The third kappa shape index (κ3) is 3.44. The Kier molecular flexibility index (Phi) is 4.00. The van der Waals surface area contributed by atoms with Crippen LogP contribution in [0.4, 0.5) is 0 Å². The molecule has 1 aliphatic carbocycles. The minimum Gasteiger partial charge on any atom is -0.384 e. The lowest BCUT2D eigenvalue weighted by Gasteiger charge is -2.28. The minimum absolute atomic E-state index is 0.509. The van der Waals surface area contributed by atoms with Crippen LogP contribution in [-0.4, -0.2) is 51.5 Å². The number of ether oxygens (including phenoxy) is 2. The van der Waals surface area contributed by atoms with Crippen molar-refractivity contribution >= 4 is 0 Å². The number of rotatable bonds is 4. The maximum Gasteiger partial charge on any atom is 0.0530 e. The maximum atomic E-state index is 5.46. The van der Waals surface area contributed by atoms with Gasteiger partial charge in [0.15, 0.2) is 0 Å². The molecule has 0 unspecified atom stereocenters. The van der Waals surface area contributed by atoms with Gasteiger partial charge in [-0.25, -0.2) is 0 Å². The number of nitrogens with zero attached hydrogens (tertiary/aromatic N) is 1. The van der Waals surface area contributed by atoms with E-state index in [9.17, 15) is 0 Å². The highest BCUT2D eigenvalue weighted by atomic mass is 16.5. The Morgan fingerprint density at radius 3 is 2.40 bits per heavy atom. The average Bonchev–Trinajstić information content (AvgIpc) is 2.91. The standard InChI is InChI=1S/C12H23NO2/c1-14-11-12(4-5-12)10-13-6-2-8-15-9-3-7-13/h2-11H2,1H3. The summed E-state index contributed by atoms with van der Waals surface area (Å²) in [5, 5.41) is 0. The summed E-state index contributed by atoms with van der Waals surface area (Å²) in [4.78, 5) is 2.61. The quantitative estimate of drug-likeness (QED) is 0.707. The van der Waals surface area contributed by atoms with Crippen molar-refractivity contribution in [1.29, 1.82) is 0 Å². The Bertz CT molecular complexity index is 184. The molecule has 0 aromatic heterocycles. The van der Waals surface area contributed by atoms with E-state index in [4.69, 9.17) is 9.47 Å². The van der Waals surface area contributed by atoms with Crippen molar-refractivity contribution in [3.8, 4) is 0 Å². The fraction of sp³-hybridized carbons (Fsp3) is 1.00. The van der Waals surface area contributed by atoms with E-state index >= 15 is 0 Å². The van der Waals surface area contributed by atoms with E-state index in [2.05, 4.69) is 4.90 Å². The van der Waals surface area contributed by atoms with Gasteiger partial charge in [-0.15, -0.1) is 0 Å². The molecule has 2 rings (SSSR count). The fourth-order valence-corrected chi connectivity index (χ4v) is 2.46. The molecule has 15 heavy (non-hydrogen) atoms. The minimum atomic E-state index is 0.509. The largest absolute Gasteiger partial charge is 0.384 e. The van der Waals surface area contributed by atoms with Crippen LogP contribution in [0.1, 0.15) is 25.7 Å². The SMILES string of the molecule is COCC1(CN2CCCOCCC2)CC1. The highest BCUT2D eigenvalue weighted by Gasteiger charge is 2.43. The molecular weight excluding hydrogens is 190 g/mol. The van der Waals surface area contributed by atoms with Crippen LogP contribution in [0.3, 0.4) is 0 Å². The number of methoxy groups -OCH3 is 1. The first-order valence-corrected chi connectivity index (χ1v) is 6.14. The van der Waals surface area contributed by atoms with E-state index in [1.54, 1.807) is 0 Å². The molecule has 0 bridgehead atoms. The summed E-state index contributed by atoms with van der Waals surface area (Å²) in [5.74, 6) is 0. The van der Waals surface area contributed by atoms with Crippen LogP contribution in [0.5, 0.6) is 0 Å². The topological polar surface area (TPSA) is 21.7 Å². The van der Waals surface area contributed by atoms with Gasteiger partial charge < -0.3 is 14.4 Å². The highest BCUT2D eigenvalue weighted by Crippen LogP contribution is 2.46. The van der Waals surface area contributed by atoms with E-state index < -0.39 is 0 Å². The summed E-state index contributed by atoms with van der Waals surface area (Å²) in [5.41, 5.74) is 0.509. The molecule has 1 aliphatic heterocycles. The molecular formula is C12H23NO2. The molecule has 2 fully saturated rings. The van der Waals surface area contributed by atoms with Crippen LogP contribution in [0.15, 0.2) is 0 Å². The van der Waals surface area contributed by atoms with Crippen LogP contribution in [0, 0.1) is 5.41 Å². The molecule has 0 aromatic carbocycles. The molecule has 3 heteroatoms. The predicted octanol–water partition coefficient (Wildman–Crippen LogP) is 1.53. The lowest BCUT2D eigenvalue weighted by atomic mass is 10.1. The van der Waals surface area contributed by atoms with Crippen LogP contribution < -0.4 is 0 Å². The summed E-state index contributed by atoms with van der Waals surface area (Å²) in [7, 11) is 1.82. The van der Waals surface area contributed by atoms with E-state index in [1.807, 2.05) is 7.11 Å². The van der Waals surface area contributed by atoms with Gasteiger partial charge in [0.05, 0.1) is 6.61 Å². The Hall–Kier alpha value is -0.120. The summed E-state index contributed by atoms with van der Waals surface area (Å²) in [6.45, 7) is 6.46. The lowest BCUT2D eigenvalue weighted by molar-refractivity contribution is 0.0661. The van der Waals surface area contributed by atoms with Gasteiger partial charge in [0.1, 0.15) is 0 Å². The zero-order chi connectivity index (χ0) is 10.6. The van der Waals surface area contributed by atoms with Gasteiger partial charge in [0.25, 0.3) is 0 Å². The van der Waals surface area contributed by atoms with Crippen molar-refractivity contribution in [1.82, 2.24) is 4.90 Å². The first kappa shape index (κ1) is 11.4. The molecule has 0 radical (unpaired) electrons. The first-order chi connectivity index (χ1) is 7.35. The van der Waals surface area contributed by atoms with Gasteiger partial charge in [-0.2, -0.15) is 0 Å². The van der Waals surface area contributed by atoms with Crippen LogP contribution in [0.2, 0.25) is 0 Å². The van der Waals surface area contributed by atoms with Crippen LogP contribution in [0.25, 0.3) is 0 Å². The van der Waals surface area contributed by atoms with E-state index in [-0.39, 0.29) is 0 Å². The lowest BCUT2D eigenvalue weighted by Crippen LogP contribution is -2.36. The van der Waals surface area contributed by atoms with E-state index in [1.165, 1.54) is 45.3 Å². The Balaban J connectivity index is 1.76. The molecule has 1 heterocycles. The van der Waals surface area contributed by atoms with Crippen molar-refractivity contribution in [2.24, 2.45) is 5.41 Å². The van der Waals surface area contributed by atoms with Gasteiger partial charge in [-0.3, -0.25) is 0 Å². The number of hydrogen-bond donors (Lipinski definition) is 0. The molecule has 0 amide bonds. The molecule has 3 nitrogen and oxygen atoms in total. The molecule has 0 N–H and O–H groups in total. The van der Waals surface area contributed by atoms with Gasteiger partial charge in [-0.05, 0) is 25.7 Å². The van der Waals surface area contributed by atoms with Gasteiger partial charge in [0, 0.05) is 45.4 Å². The van der Waals surface area contributed by atoms with Crippen LogP contribution in [-0.2, 0) is 9.47 Å². The van der Waals surface area contributed by atoms with Gasteiger partial charge in [0.2, 0.25) is 0 Å². The van der Waals surface area contributed by atoms with Crippen molar-refractivity contribution in [3.05, 3.63) is 0 Å². The summed E-state index contributed by atoms with van der Waals surface area (Å²) in [6, 6.07) is 0. The zero-order valence-corrected chi connectivity index (χ0v) is 9.83. The first-order valence-electron chi connectivity index (χ1n) is 6.14. The summed E-state index contributed by atoms with van der Waals surface area (Å²) in [6.07, 6.45) is 5.08. The number of hydrogen-bond acceptors (Lipinski definition) is 3. The third-order valence-corrected chi connectivity index (χ3v) is 3.49. The van der Waals surface area contributed by atoms with Crippen molar-refractivity contribution in [2.45, 2.75) is 25.7 Å². The van der Waals surface area contributed by atoms with E-state index in [0.29, 0.717) is 5.41 Å². The maximum absolute atomic E-state index is 5.46. The normalized spacial score (nSPS) is 27.0. The molecule has 0 aromatic rings. The molecule has 0 spiro atoms. The smallest absolute Gasteiger partial charge is 0.0530 e. The Morgan fingerprint density at radius 1 is 1.20 bits per heavy atom. The van der Waals surface area contributed by atoms with Crippen molar-refractivity contribution in [2.75, 3.05) is 46.6 Å². The highest BCUT2D eigenvalue weighted by molar-refractivity contribution is 4.95. The fourth-order valence-electron chi connectivity index (χ4n) is 2.46. The van der Waals surface area contributed by atoms with Crippen LogP contribution >= 0.6 is 0 Å². The summed E-state index contributed by atoms with van der Waals surface area (Å²) >= 11 is 0. The van der Waals surface area contributed by atoms with Gasteiger partial charge in [-0.1, -0.05) is 0 Å². The second-order valence-corrected chi connectivity index (χ2v) is 5.03. The molecule has 2 aliphatic rings. The third-order valence-electron chi connectivity index (χ3n) is 3.49. The predicted molar refractivity (Wildman–Crippen MR) is 60.0 cm³/mol. The summed E-state index contributed by atoms with van der Waals surface area (Å²) < 4.78 is 10.8. The Morgan fingerprint density at radius 2 is 1.87 bits per heavy atom. The van der Waals surface area contributed by atoms with Crippen molar-refractivity contribution < 1.29 is 9.47 Å². The van der Waals surface area contributed by atoms with E-state index in [0.717, 1.165) is 19.8 Å². The second-order valence-electron chi connectivity index (χ2n) is 5.03. The molecule has 0 atom stereocenters. The molecule has 1 saturated heterocycles. The Labute approximate surface area is 92.7 Å². The monoisotopic (exact) mass is 213 g/mol.